The van der Waals surface area contributed by atoms with Crippen molar-refractivity contribution < 1.29 is 0 Å². The van der Waals surface area contributed by atoms with Gasteiger partial charge in [0, 0.05) is 0 Å². The standard InChI is InChI=1S/C32H64/c1-3-5-7-9-11-13-15-17-19-21-23-25-27-29-31-32-30-28-26-24-22-20-18-16-14-12-10-8-6-4-2/h29,31H,3-28,30,32H2,1-2H3/b31-29+. The molecule has 0 unspecified atom stereocenters. The summed E-state index contributed by atoms with van der Waals surface area (Å²) in [4.78, 5) is 0. The molecular weight excluding hydrogens is 384 g/mol. The molecule has 192 valence electrons. The van der Waals surface area contributed by atoms with Crippen LogP contribution in [0.2, 0.25) is 0 Å². The van der Waals surface area contributed by atoms with E-state index in [-0.39, 0.29) is 0 Å². The minimum Gasteiger partial charge on any atom is -0.0885 e. The van der Waals surface area contributed by atoms with Crippen LogP contribution in [0.4, 0.5) is 0 Å². The van der Waals surface area contributed by atoms with Crippen molar-refractivity contribution in [3.8, 4) is 0 Å². The van der Waals surface area contributed by atoms with Crippen LogP contribution in [0.15, 0.2) is 12.2 Å². The number of allylic oxidation sites excluding steroid dienone is 2. The number of hydrogen-bond acceptors (Lipinski definition) is 0. The number of unbranched alkanes of at least 4 members (excludes halogenated alkanes) is 26. The number of rotatable bonds is 28. The summed E-state index contributed by atoms with van der Waals surface area (Å²) in [5.41, 5.74) is 0. The Morgan fingerprint density at radius 2 is 0.438 bits per heavy atom. The van der Waals surface area contributed by atoms with Crippen LogP contribution in [0.5, 0.6) is 0 Å². The van der Waals surface area contributed by atoms with Crippen LogP contribution >= 0.6 is 0 Å². The Bertz CT molecular complexity index is 329. The van der Waals surface area contributed by atoms with Gasteiger partial charge in [0.05, 0.1) is 0 Å². The molecule has 0 saturated heterocycles. The first-order valence-corrected chi connectivity index (χ1v) is 15.6. The fourth-order valence-electron chi connectivity index (χ4n) is 4.80. The smallest absolute Gasteiger partial charge is 0.0351 e. The summed E-state index contributed by atoms with van der Waals surface area (Å²) < 4.78 is 0. The van der Waals surface area contributed by atoms with Gasteiger partial charge in [-0.3, -0.25) is 0 Å². The van der Waals surface area contributed by atoms with Gasteiger partial charge >= 0.3 is 0 Å². The van der Waals surface area contributed by atoms with E-state index in [0.29, 0.717) is 0 Å². The van der Waals surface area contributed by atoms with Crippen LogP contribution < -0.4 is 0 Å². The lowest BCUT2D eigenvalue weighted by atomic mass is 10.0. The molecule has 0 bridgehead atoms. The molecular formula is C32H64. The lowest BCUT2D eigenvalue weighted by Crippen LogP contribution is -1.83. The van der Waals surface area contributed by atoms with Gasteiger partial charge in [0.15, 0.2) is 0 Å². The molecule has 0 aliphatic heterocycles. The third-order valence-electron chi connectivity index (χ3n) is 7.12. The van der Waals surface area contributed by atoms with Gasteiger partial charge in [0.2, 0.25) is 0 Å². The fraction of sp³-hybridized carbons (Fsp3) is 0.938. The van der Waals surface area contributed by atoms with Crippen molar-refractivity contribution in [3.05, 3.63) is 12.2 Å². The highest BCUT2D eigenvalue weighted by atomic mass is 14.0. The first kappa shape index (κ1) is 31.7. The Morgan fingerprint density at radius 1 is 0.250 bits per heavy atom. The zero-order valence-corrected chi connectivity index (χ0v) is 23.0. The third kappa shape index (κ3) is 29.7. The molecule has 0 atom stereocenters. The van der Waals surface area contributed by atoms with Gasteiger partial charge in [-0.1, -0.05) is 180 Å². The predicted octanol–water partition coefficient (Wildman–Crippen LogP) is 12.5. The molecule has 0 radical (unpaired) electrons. The Kier molecular flexibility index (Phi) is 30.5. The van der Waals surface area contributed by atoms with Crippen molar-refractivity contribution in [1.82, 2.24) is 0 Å². The molecule has 0 fully saturated rings. The second-order valence-corrected chi connectivity index (χ2v) is 10.5. The van der Waals surface area contributed by atoms with Crippen molar-refractivity contribution in [2.75, 3.05) is 0 Å². The summed E-state index contributed by atoms with van der Waals surface area (Å²) in [7, 11) is 0. The average Bonchev–Trinajstić information content (AvgIpc) is 2.81. The van der Waals surface area contributed by atoms with Crippen molar-refractivity contribution in [2.45, 2.75) is 194 Å². The molecule has 0 rings (SSSR count). The molecule has 32 heavy (non-hydrogen) atoms. The van der Waals surface area contributed by atoms with Crippen molar-refractivity contribution in [2.24, 2.45) is 0 Å². The van der Waals surface area contributed by atoms with Crippen LogP contribution in [0.25, 0.3) is 0 Å². The summed E-state index contributed by atoms with van der Waals surface area (Å²) in [5.74, 6) is 0. The minimum atomic E-state index is 1.32. The Labute approximate surface area is 205 Å². The molecule has 0 aliphatic carbocycles. The Balaban J connectivity index is 3.06. The fourth-order valence-corrected chi connectivity index (χ4v) is 4.80. The van der Waals surface area contributed by atoms with E-state index in [1.807, 2.05) is 0 Å². The summed E-state index contributed by atoms with van der Waals surface area (Å²) >= 11 is 0. The van der Waals surface area contributed by atoms with Crippen molar-refractivity contribution in [1.29, 1.82) is 0 Å². The van der Waals surface area contributed by atoms with Gasteiger partial charge in [0.1, 0.15) is 0 Å². The lowest BCUT2D eigenvalue weighted by molar-refractivity contribution is 0.536. The summed E-state index contributed by atoms with van der Waals surface area (Å²) in [6, 6.07) is 0. The van der Waals surface area contributed by atoms with Crippen molar-refractivity contribution in [3.63, 3.8) is 0 Å². The van der Waals surface area contributed by atoms with Gasteiger partial charge in [-0.25, -0.2) is 0 Å². The maximum Gasteiger partial charge on any atom is -0.0351 e. The quantitative estimate of drug-likeness (QED) is 0.0824. The van der Waals surface area contributed by atoms with E-state index in [4.69, 9.17) is 0 Å². The molecule has 0 N–H and O–H groups in total. The van der Waals surface area contributed by atoms with Crippen LogP contribution in [0.1, 0.15) is 194 Å². The molecule has 0 heterocycles. The van der Waals surface area contributed by atoms with E-state index in [9.17, 15) is 0 Å². The lowest BCUT2D eigenvalue weighted by Gasteiger charge is -2.03. The molecule has 0 aromatic carbocycles. The molecule has 0 amide bonds. The second kappa shape index (κ2) is 30.7. The van der Waals surface area contributed by atoms with Crippen LogP contribution in [-0.2, 0) is 0 Å². The zero-order chi connectivity index (χ0) is 23.2. The minimum absolute atomic E-state index is 1.32. The van der Waals surface area contributed by atoms with E-state index < -0.39 is 0 Å². The van der Waals surface area contributed by atoms with Crippen LogP contribution in [-0.4, -0.2) is 0 Å². The van der Waals surface area contributed by atoms with E-state index >= 15 is 0 Å². The maximum absolute atomic E-state index is 2.46. The van der Waals surface area contributed by atoms with Gasteiger partial charge < -0.3 is 0 Å². The largest absolute Gasteiger partial charge is 0.0885 e. The van der Waals surface area contributed by atoms with E-state index in [2.05, 4.69) is 26.0 Å². The normalized spacial score (nSPS) is 11.7. The highest BCUT2D eigenvalue weighted by molar-refractivity contribution is 4.81. The molecule has 0 aliphatic rings. The molecule has 0 spiro atoms. The van der Waals surface area contributed by atoms with E-state index in [1.165, 1.54) is 180 Å². The number of hydrogen-bond donors (Lipinski definition) is 0. The first-order valence-electron chi connectivity index (χ1n) is 15.6. The van der Waals surface area contributed by atoms with Gasteiger partial charge in [-0.05, 0) is 25.7 Å². The summed E-state index contributed by atoms with van der Waals surface area (Å²) in [5, 5.41) is 0. The summed E-state index contributed by atoms with van der Waals surface area (Å²) in [6.45, 7) is 4.61. The van der Waals surface area contributed by atoms with Crippen LogP contribution in [0, 0.1) is 0 Å². The second-order valence-electron chi connectivity index (χ2n) is 10.5. The molecule has 0 heteroatoms. The Morgan fingerprint density at radius 3 is 0.656 bits per heavy atom. The topological polar surface area (TPSA) is 0 Å². The Hall–Kier alpha value is -0.260. The zero-order valence-electron chi connectivity index (χ0n) is 23.0. The van der Waals surface area contributed by atoms with E-state index in [0.717, 1.165) is 0 Å². The molecule has 0 saturated carbocycles. The third-order valence-corrected chi connectivity index (χ3v) is 7.12. The van der Waals surface area contributed by atoms with E-state index in [1.54, 1.807) is 0 Å². The monoisotopic (exact) mass is 449 g/mol. The van der Waals surface area contributed by atoms with Gasteiger partial charge in [-0.15, -0.1) is 0 Å². The average molecular weight is 449 g/mol. The predicted molar refractivity (Wildman–Crippen MR) is 150 cm³/mol. The van der Waals surface area contributed by atoms with Gasteiger partial charge in [-0.2, -0.15) is 0 Å². The SMILES string of the molecule is CCCCCCCCCCCCCC/C=C/CCCCCCCCCCCCCCCC. The molecule has 0 nitrogen and oxygen atoms in total. The summed E-state index contributed by atoms with van der Waals surface area (Å²) in [6.07, 6.45) is 45.4. The maximum atomic E-state index is 2.46. The first-order chi connectivity index (χ1) is 15.9. The highest BCUT2D eigenvalue weighted by Gasteiger charge is 1.95. The molecule has 0 aromatic heterocycles. The van der Waals surface area contributed by atoms with Crippen molar-refractivity contribution >= 4 is 0 Å². The van der Waals surface area contributed by atoms with Gasteiger partial charge in [0.25, 0.3) is 0 Å². The highest BCUT2D eigenvalue weighted by Crippen LogP contribution is 2.14. The molecule has 0 aromatic rings. The van der Waals surface area contributed by atoms with Crippen LogP contribution in [0.3, 0.4) is 0 Å².